The van der Waals surface area contributed by atoms with Crippen LogP contribution in [0.1, 0.15) is 18.9 Å². The number of rotatable bonds is 3. The number of halogens is 1. The van der Waals surface area contributed by atoms with E-state index < -0.39 is 0 Å². The Kier molecular flexibility index (Phi) is 3.57. The third-order valence-electron chi connectivity index (χ3n) is 1.65. The maximum absolute atomic E-state index is 3.96. The van der Waals surface area contributed by atoms with Gasteiger partial charge in [-0.25, -0.2) is 0 Å². The summed E-state index contributed by atoms with van der Waals surface area (Å²) in [7, 11) is 0. The van der Waals surface area contributed by atoms with Crippen molar-refractivity contribution in [3.8, 4) is 0 Å². The van der Waals surface area contributed by atoms with E-state index in [9.17, 15) is 0 Å². The first-order valence-corrected chi connectivity index (χ1v) is 4.77. The molecule has 1 heterocycles. The van der Waals surface area contributed by atoms with Gasteiger partial charge in [0.1, 0.15) is 0 Å². The topological polar surface area (TPSA) is 12.9 Å². The number of hydrogen-bond acceptors (Lipinski definition) is 1. The second-order valence-corrected chi connectivity index (χ2v) is 3.86. The minimum Gasteiger partial charge on any atom is -0.265 e. The van der Waals surface area contributed by atoms with Crippen molar-refractivity contribution in [3.05, 3.63) is 30.1 Å². The Morgan fingerprint density at radius 3 is 2.64 bits per heavy atom. The molecule has 0 unspecified atom stereocenters. The second-order valence-electron chi connectivity index (χ2n) is 2.57. The molecule has 1 aromatic heterocycles. The number of hydrogen-bond donors (Lipinski definition) is 0. The van der Waals surface area contributed by atoms with Gasteiger partial charge in [0.25, 0.3) is 0 Å². The van der Waals surface area contributed by atoms with Crippen LogP contribution in [0.15, 0.2) is 24.5 Å². The average molecular weight is 214 g/mol. The molecule has 60 valence electrons. The molecule has 0 aliphatic carbocycles. The Morgan fingerprint density at radius 2 is 2.09 bits per heavy atom. The van der Waals surface area contributed by atoms with E-state index in [1.807, 2.05) is 12.4 Å². The van der Waals surface area contributed by atoms with E-state index in [0.717, 1.165) is 6.42 Å². The smallest absolute Gasteiger partial charge is 0.0270 e. The summed E-state index contributed by atoms with van der Waals surface area (Å²) in [4.78, 5) is 4.56. The summed E-state index contributed by atoms with van der Waals surface area (Å²) in [6, 6.07) is 4.12. The number of nitrogens with zero attached hydrogens (tertiary/aromatic N) is 1. The molecule has 0 aromatic carbocycles. The van der Waals surface area contributed by atoms with Crippen molar-refractivity contribution in [2.45, 2.75) is 24.6 Å². The van der Waals surface area contributed by atoms with Gasteiger partial charge in [-0.1, -0.05) is 22.9 Å². The lowest BCUT2D eigenvalue weighted by Gasteiger charge is -2.04. The van der Waals surface area contributed by atoms with Gasteiger partial charge in [0, 0.05) is 17.2 Å². The molecular formula is C9H12BrN. The molecule has 1 aromatic rings. The van der Waals surface area contributed by atoms with E-state index in [0.29, 0.717) is 4.83 Å². The van der Waals surface area contributed by atoms with Gasteiger partial charge >= 0.3 is 0 Å². The van der Waals surface area contributed by atoms with Crippen LogP contribution < -0.4 is 0 Å². The fourth-order valence-electron chi connectivity index (χ4n) is 0.919. The van der Waals surface area contributed by atoms with Gasteiger partial charge in [-0.15, -0.1) is 0 Å². The Hall–Kier alpha value is -0.370. The van der Waals surface area contributed by atoms with Crippen molar-refractivity contribution in [3.63, 3.8) is 0 Å². The first-order valence-electron chi connectivity index (χ1n) is 3.86. The van der Waals surface area contributed by atoms with Crippen molar-refractivity contribution in [2.75, 3.05) is 0 Å². The molecule has 0 N–H and O–H groups in total. The molecule has 0 radical (unpaired) electrons. The zero-order valence-corrected chi connectivity index (χ0v) is 8.21. The van der Waals surface area contributed by atoms with E-state index >= 15 is 0 Å². The van der Waals surface area contributed by atoms with Gasteiger partial charge in [0.05, 0.1) is 0 Å². The lowest BCUT2D eigenvalue weighted by molar-refractivity contribution is 0.828. The fourth-order valence-corrected chi connectivity index (χ4v) is 1.29. The van der Waals surface area contributed by atoms with Crippen molar-refractivity contribution >= 4 is 15.9 Å². The Labute approximate surface area is 76.0 Å². The molecule has 11 heavy (non-hydrogen) atoms. The van der Waals surface area contributed by atoms with Gasteiger partial charge in [-0.3, -0.25) is 4.98 Å². The number of aromatic nitrogens is 1. The van der Waals surface area contributed by atoms with Gasteiger partial charge < -0.3 is 0 Å². The van der Waals surface area contributed by atoms with Crippen LogP contribution >= 0.6 is 15.9 Å². The normalized spacial score (nSPS) is 12.9. The molecule has 0 saturated heterocycles. The van der Waals surface area contributed by atoms with Crippen LogP contribution in [0.4, 0.5) is 0 Å². The summed E-state index contributed by atoms with van der Waals surface area (Å²) >= 11 is 3.59. The van der Waals surface area contributed by atoms with Gasteiger partial charge in [-0.05, 0) is 30.5 Å². The minimum atomic E-state index is 0.602. The molecule has 0 aliphatic rings. The van der Waals surface area contributed by atoms with Crippen molar-refractivity contribution in [1.29, 1.82) is 0 Å². The third kappa shape index (κ3) is 3.02. The largest absolute Gasteiger partial charge is 0.265 e. The molecule has 1 rings (SSSR count). The van der Waals surface area contributed by atoms with E-state index in [1.54, 1.807) is 0 Å². The molecule has 0 aliphatic heterocycles. The Morgan fingerprint density at radius 1 is 1.45 bits per heavy atom. The summed E-state index contributed by atoms with van der Waals surface area (Å²) < 4.78 is 0. The standard InChI is InChI=1S/C9H12BrN/c1-2-9(10)7-8-3-5-11-6-4-8/h3-6,9H,2,7H2,1H3/t9-/m1/s1. The van der Waals surface area contributed by atoms with Gasteiger partial charge in [-0.2, -0.15) is 0 Å². The Bertz CT molecular complexity index is 198. The molecule has 0 fully saturated rings. The highest BCUT2D eigenvalue weighted by Gasteiger charge is 2.00. The first kappa shape index (κ1) is 8.72. The summed E-state index contributed by atoms with van der Waals surface area (Å²) in [6.45, 7) is 2.18. The molecular weight excluding hydrogens is 202 g/mol. The van der Waals surface area contributed by atoms with E-state index in [4.69, 9.17) is 0 Å². The lowest BCUT2D eigenvalue weighted by atomic mass is 10.1. The molecule has 0 spiro atoms. The maximum atomic E-state index is 3.96. The predicted molar refractivity (Wildman–Crippen MR) is 50.9 cm³/mol. The van der Waals surface area contributed by atoms with Crippen LogP contribution in [0, 0.1) is 0 Å². The quantitative estimate of drug-likeness (QED) is 0.705. The molecule has 0 saturated carbocycles. The zero-order chi connectivity index (χ0) is 8.10. The van der Waals surface area contributed by atoms with Crippen LogP contribution in [0.2, 0.25) is 0 Å². The van der Waals surface area contributed by atoms with E-state index in [2.05, 4.69) is 40.0 Å². The van der Waals surface area contributed by atoms with Gasteiger partial charge in [0.15, 0.2) is 0 Å². The summed E-state index contributed by atoms with van der Waals surface area (Å²) in [5.74, 6) is 0. The highest BCUT2D eigenvalue weighted by Crippen LogP contribution is 2.11. The molecule has 1 nitrogen and oxygen atoms in total. The molecule has 0 amide bonds. The highest BCUT2D eigenvalue weighted by atomic mass is 79.9. The SMILES string of the molecule is CC[C@@H](Br)Cc1ccncc1. The summed E-state index contributed by atoms with van der Waals surface area (Å²) in [5, 5.41) is 0. The van der Waals surface area contributed by atoms with Crippen LogP contribution in [0.5, 0.6) is 0 Å². The predicted octanol–water partition coefficient (Wildman–Crippen LogP) is 2.80. The maximum Gasteiger partial charge on any atom is 0.0270 e. The first-order chi connectivity index (χ1) is 5.33. The van der Waals surface area contributed by atoms with Gasteiger partial charge in [0.2, 0.25) is 0 Å². The number of alkyl halides is 1. The second kappa shape index (κ2) is 4.50. The van der Waals surface area contributed by atoms with Crippen molar-refractivity contribution in [1.82, 2.24) is 4.98 Å². The zero-order valence-electron chi connectivity index (χ0n) is 6.63. The average Bonchev–Trinajstić information content (AvgIpc) is 2.06. The minimum absolute atomic E-state index is 0.602. The molecule has 0 bridgehead atoms. The fraction of sp³-hybridized carbons (Fsp3) is 0.444. The van der Waals surface area contributed by atoms with Crippen LogP contribution in [0.25, 0.3) is 0 Å². The van der Waals surface area contributed by atoms with E-state index in [-0.39, 0.29) is 0 Å². The van der Waals surface area contributed by atoms with Crippen LogP contribution in [-0.4, -0.2) is 9.81 Å². The molecule has 2 heteroatoms. The third-order valence-corrected chi connectivity index (χ3v) is 2.62. The molecule has 1 atom stereocenters. The van der Waals surface area contributed by atoms with Crippen molar-refractivity contribution in [2.24, 2.45) is 0 Å². The van der Waals surface area contributed by atoms with Crippen molar-refractivity contribution < 1.29 is 0 Å². The van der Waals surface area contributed by atoms with E-state index in [1.165, 1.54) is 12.0 Å². The lowest BCUT2D eigenvalue weighted by Crippen LogP contribution is -1.99. The number of pyridine rings is 1. The monoisotopic (exact) mass is 213 g/mol. The van der Waals surface area contributed by atoms with Crippen LogP contribution in [-0.2, 0) is 6.42 Å². The highest BCUT2D eigenvalue weighted by molar-refractivity contribution is 9.09. The Balaban J connectivity index is 2.51. The summed E-state index contributed by atoms with van der Waals surface area (Å²) in [6.07, 6.45) is 5.94. The summed E-state index contributed by atoms with van der Waals surface area (Å²) in [5.41, 5.74) is 1.35. The van der Waals surface area contributed by atoms with Crippen LogP contribution in [0.3, 0.4) is 0 Å².